The van der Waals surface area contributed by atoms with Crippen LogP contribution in [0, 0.1) is 0 Å². The molecule has 0 fully saturated rings. The summed E-state index contributed by atoms with van der Waals surface area (Å²) in [5.74, 6) is 2.21. The fourth-order valence-corrected chi connectivity index (χ4v) is 2.34. The summed E-state index contributed by atoms with van der Waals surface area (Å²) in [6.45, 7) is 2.55. The van der Waals surface area contributed by atoms with Gasteiger partial charge in [-0.1, -0.05) is 18.2 Å². The summed E-state index contributed by atoms with van der Waals surface area (Å²) >= 11 is 0. The van der Waals surface area contributed by atoms with E-state index in [0.717, 1.165) is 17.2 Å². The molecule has 1 aromatic rings. The molecule has 2 aliphatic rings. The molecule has 1 heterocycles. The summed E-state index contributed by atoms with van der Waals surface area (Å²) in [7, 11) is 1.63. The standard InChI is InChI=1S/C15H17NO3/c1-3-18-15-8-11-13(9-14(15)17-2)19-12-7-5-4-6-10(12)16-11/h4-10,12,16H,3H2,1-2H3. The molecule has 0 saturated heterocycles. The Kier molecular flexibility index (Phi) is 3.07. The Hall–Kier alpha value is -2.10. The number of fused-ring (bicyclic) bond motifs is 2. The van der Waals surface area contributed by atoms with Crippen LogP contribution in [0.2, 0.25) is 0 Å². The molecule has 3 rings (SSSR count). The topological polar surface area (TPSA) is 39.7 Å². The van der Waals surface area contributed by atoms with Gasteiger partial charge in [0.05, 0.1) is 25.4 Å². The molecule has 0 radical (unpaired) electrons. The maximum atomic E-state index is 5.98. The zero-order valence-electron chi connectivity index (χ0n) is 11.1. The number of allylic oxidation sites excluding steroid dienone is 2. The van der Waals surface area contributed by atoms with Crippen LogP contribution >= 0.6 is 0 Å². The van der Waals surface area contributed by atoms with Crippen molar-refractivity contribution in [3.05, 3.63) is 36.4 Å². The monoisotopic (exact) mass is 259 g/mol. The van der Waals surface area contributed by atoms with E-state index < -0.39 is 0 Å². The van der Waals surface area contributed by atoms with E-state index >= 15 is 0 Å². The molecule has 4 nitrogen and oxygen atoms in total. The molecule has 4 heteroatoms. The van der Waals surface area contributed by atoms with Crippen molar-refractivity contribution in [3.63, 3.8) is 0 Å². The molecule has 1 aliphatic heterocycles. The zero-order valence-corrected chi connectivity index (χ0v) is 11.1. The normalized spacial score (nSPS) is 22.8. The summed E-state index contributed by atoms with van der Waals surface area (Å²) in [5.41, 5.74) is 0.936. The molecule has 0 spiro atoms. The second kappa shape index (κ2) is 4.88. The maximum absolute atomic E-state index is 5.98. The first kappa shape index (κ1) is 12.0. The Balaban J connectivity index is 1.97. The zero-order chi connectivity index (χ0) is 13.2. The van der Waals surface area contributed by atoms with Crippen LogP contribution in [0.5, 0.6) is 17.2 Å². The maximum Gasteiger partial charge on any atom is 0.164 e. The molecular weight excluding hydrogens is 242 g/mol. The van der Waals surface area contributed by atoms with Crippen molar-refractivity contribution in [2.45, 2.75) is 19.1 Å². The predicted molar refractivity (Wildman–Crippen MR) is 74.3 cm³/mol. The van der Waals surface area contributed by atoms with Gasteiger partial charge in [0.15, 0.2) is 11.5 Å². The Morgan fingerprint density at radius 1 is 1.21 bits per heavy atom. The van der Waals surface area contributed by atoms with Gasteiger partial charge in [-0.15, -0.1) is 0 Å². The van der Waals surface area contributed by atoms with Crippen molar-refractivity contribution in [1.82, 2.24) is 0 Å². The van der Waals surface area contributed by atoms with Crippen LogP contribution in [-0.4, -0.2) is 25.9 Å². The van der Waals surface area contributed by atoms with Crippen molar-refractivity contribution in [3.8, 4) is 17.2 Å². The summed E-state index contributed by atoms with van der Waals surface area (Å²) in [5, 5.41) is 3.45. The molecule has 0 aromatic heterocycles. The third-order valence-electron chi connectivity index (χ3n) is 3.24. The van der Waals surface area contributed by atoms with Crippen molar-refractivity contribution >= 4 is 5.69 Å². The van der Waals surface area contributed by atoms with Crippen LogP contribution in [0.3, 0.4) is 0 Å². The third kappa shape index (κ3) is 2.14. The summed E-state index contributed by atoms with van der Waals surface area (Å²) < 4.78 is 16.9. The van der Waals surface area contributed by atoms with E-state index in [0.29, 0.717) is 12.4 Å². The van der Waals surface area contributed by atoms with E-state index in [1.807, 2.05) is 37.3 Å². The minimum absolute atomic E-state index is 0.0279. The minimum atomic E-state index is 0.0279. The fourth-order valence-electron chi connectivity index (χ4n) is 2.34. The fraction of sp³-hybridized carbons (Fsp3) is 0.333. The van der Waals surface area contributed by atoms with E-state index in [1.165, 1.54) is 0 Å². The van der Waals surface area contributed by atoms with E-state index in [2.05, 4.69) is 11.4 Å². The van der Waals surface area contributed by atoms with Gasteiger partial charge in [-0.25, -0.2) is 0 Å². The van der Waals surface area contributed by atoms with Gasteiger partial charge in [0.25, 0.3) is 0 Å². The second-order valence-electron chi connectivity index (χ2n) is 4.45. The number of anilines is 1. The van der Waals surface area contributed by atoms with Crippen molar-refractivity contribution in [1.29, 1.82) is 0 Å². The molecule has 0 bridgehead atoms. The van der Waals surface area contributed by atoms with Crippen molar-refractivity contribution in [2.24, 2.45) is 0 Å². The van der Waals surface area contributed by atoms with Gasteiger partial charge in [0.1, 0.15) is 11.9 Å². The van der Waals surface area contributed by atoms with E-state index in [-0.39, 0.29) is 12.1 Å². The average Bonchev–Trinajstić information content (AvgIpc) is 2.45. The molecule has 1 aliphatic carbocycles. The molecular formula is C15H17NO3. The van der Waals surface area contributed by atoms with Crippen molar-refractivity contribution < 1.29 is 14.2 Å². The molecule has 1 N–H and O–H groups in total. The first-order valence-corrected chi connectivity index (χ1v) is 6.45. The van der Waals surface area contributed by atoms with Gasteiger partial charge in [0.2, 0.25) is 0 Å². The molecule has 19 heavy (non-hydrogen) atoms. The highest BCUT2D eigenvalue weighted by Crippen LogP contribution is 2.41. The highest BCUT2D eigenvalue weighted by Gasteiger charge is 2.28. The Labute approximate surface area is 112 Å². The number of methoxy groups -OCH3 is 1. The predicted octanol–water partition coefficient (Wildman–Crippen LogP) is 2.76. The second-order valence-corrected chi connectivity index (χ2v) is 4.45. The first-order chi connectivity index (χ1) is 9.31. The lowest BCUT2D eigenvalue weighted by Gasteiger charge is -2.33. The molecule has 1 aromatic carbocycles. The number of benzene rings is 1. The highest BCUT2D eigenvalue weighted by atomic mass is 16.5. The lowest BCUT2D eigenvalue weighted by atomic mass is 10.0. The van der Waals surface area contributed by atoms with Crippen LogP contribution in [-0.2, 0) is 0 Å². The summed E-state index contributed by atoms with van der Waals surface area (Å²) in [6.07, 6.45) is 8.19. The van der Waals surface area contributed by atoms with E-state index in [4.69, 9.17) is 14.2 Å². The third-order valence-corrected chi connectivity index (χ3v) is 3.24. The number of rotatable bonds is 3. The Morgan fingerprint density at radius 2 is 2.05 bits per heavy atom. The SMILES string of the molecule is CCOc1cc2c(cc1OC)OC1C=CC=CC1N2. The number of ether oxygens (including phenoxy) is 3. The van der Waals surface area contributed by atoms with E-state index in [1.54, 1.807) is 7.11 Å². The van der Waals surface area contributed by atoms with Gasteiger partial charge in [-0.05, 0) is 13.0 Å². The van der Waals surface area contributed by atoms with Crippen LogP contribution in [0.15, 0.2) is 36.4 Å². The smallest absolute Gasteiger partial charge is 0.164 e. The van der Waals surface area contributed by atoms with Crippen LogP contribution in [0.1, 0.15) is 6.92 Å². The molecule has 100 valence electrons. The lowest BCUT2D eigenvalue weighted by molar-refractivity contribution is 0.226. The highest BCUT2D eigenvalue weighted by molar-refractivity contribution is 5.67. The quantitative estimate of drug-likeness (QED) is 0.906. The number of nitrogens with one attached hydrogen (secondary N) is 1. The van der Waals surface area contributed by atoms with Gasteiger partial charge in [0, 0.05) is 12.1 Å². The van der Waals surface area contributed by atoms with Crippen LogP contribution in [0.4, 0.5) is 5.69 Å². The number of hydrogen-bond acceptors (Lipinski definition) is 4. The van der Waals surface area contributed by atoms with Gasteiger partial charge in [-0.3, -0.25) is 0 Å². The summed E-state index contributed by atoms with van der Waals surface area (Å²) in [4.78, 5) is 0. The summed E-state index contributed by atoms with van der Waals surface area (Å²) in [6, 6.07) is 3.97. The van der Waals surface area contributed by atoms with Crippen LogP contribution in [0.25, 0.3) is 0 Å². The minimum Gasteiger partial charge on any atom is -0.493 e. The van der Waals surface area contributed by atoms with E-state index in [9.17, 15) is 0 Å². The number of hydrogen-bond donors (Lipinski definition) is 1. The Morgan fingerprint density at radius 3 is 2.84 bits per heavy atom. The molecule has 2 atom stereocenters. The van der Waals surface area contributed by atoms with Gasteiger partial charge in [-0.2, -0.15) is 0 Å². The van der Waals surface area contributed by atoms with Gasteiger partial charge < -0.3 is 19.5 Å². The largest absolute Gasteiger partial charge is 0.493 e. The van der Waals surface area contributed by atoms with Crippen molar-refractivity contribution in [2.75, 3.05) is 19.0 Å². The molecule has 0 saturated carbocycles. The average molecular weight is 259 g/mol. The lowest BCUT2D eigenvalue weighted by Crippen LogP contribution is -2.39. The molecule has 2 unspecified atom stereocenters. The molecule has 0 amide bonds. The first-order valence-electron chi connectivity index (χ1n) is 6.45. The van der Waals surface area contributed by atoms with Gasteiger partial charge >= 0.3 is 0 Å². The Bertz CT molecular complexity index is 536. The van der Waals surface area contributed by atoms with Crippen LogP contribution < -0.4 is 19.5 Å².